The van der Waals surface area contributed by atoms with E-state index in [4.69, 9.17) is 11.6 Å². The number of nitrogens with zero attached hydrogens (tertiary/aromatic N) is 1. The molecule has 2 aliphatic carbocycles. The van der Waals surface area contributed by atoms with E-state index in [9.17, 15) is 0 Å². The van der Waals surface area contributed by atoms with Crippen LogP contribution in [0.25, 0.3) is 0 Å². The summed E-state index contributed by atoms with van der Waals surface area (Å²) in [6.07, 6.45) is 9.05. The van der Waals surface area contributed by atoms with Gasteiger partial charge in [-0.2, -0.15) is 0 Å². The van der Waals surface area contributed by atoms with Gasteiger partial charge in [-0.25, -0.2) is 5.84 Å². The summed E-state index contributed by atoms with van der Waals surface area (Å²) >= 11 is 0. The van der Waals surface area contributed by atoms with Crippen molar-refractivity contribution in [3.05, 3.63) is 11.9 Å². The summed E-state index contributed by atoms with van der Waals surface area (Å²) in [5.41, 5.74) is 11.1. The molecule has 2 saturated carbocycles. The van der Waals surface area contributed by atoms with Gasteiger partial charge in [-0.05, 0) is 38.5 Å². The molecule has 0 unspecified atom stereocenters. The van der Waals surface area contributed by atoms with E-state index in [1.54, 1.807) is 0 Å². The van der Waals surface area contributed by atoms with E-state index >= 15 is 0 Å². The molecule has 0 spiro atoms. The number of hydrogen-bond donors (Lipinski definition) is 3. The molecule has 2 fully saturated rings. The minimum atomic E-state index is 0.390. The van der Waals surface area contributed by atoms with Gasteiger partial charge in [0.2, 0.25) is 0 Å². The normalized spacial score (nSPS) is 32.9. The zero-order chi connectivity index (χ0) is 10.8. The maximum atomic E-state index is 6.04. The van der Waals surface area contributed by atoms with Gasteiger partial charge >= 0.3 is 0 Å². The fraction of sp³-hybridized carbons (Fsp3) is 0.818. The van der Waals surface area contributed by atoms with E-state index in [2.05, 4.69) is 5.73 Å². The summed E-state index contributed by atoms with van der Waals surface area (Å²) in [4.78, 5) is 0. The van der Waals surface area contributed by atoms with Crippen molar-refractivity contribution >= 4 is 0 Å². The molecular formula is C11H23N4+. The van der Waals surface area contributed by atoms with E-state index in [1.165, 1.54) is 18.5 Å². The van der Waals surface area contributed by atoms with Crippen molar-refractivity contribution in [2.45, 2.75) is 50.6 Å². The lowest BCUT2D eigenvalue weighted by molar-refractivity contribution is -0.311. The second-order valence-corrected chi connectivity index (χ2v) is 4.99. The Morgan fingerprint density at radius 3 is 2.27 bits per heavy atom. The fourth-order valence-corrected chi connectivity index (χ4v) is 2.26. The van der Waals surface area contributed by atoms with Crippen molar-refractivity contribution in [1.29, 1.82) is 0 Å². The standard InChI is InChI=1S/C11H22N4/c12-9-3-5-10(6-4-9)15(14)7-11(13)8-1-2-8/h7-10H,1-6,12-14H2/p+1/b11-7-. The third-order valence-electron chi connectivity index (χ3n) is 3.58. The van der Waals surface area contributed by atoms with Crippen molar-refractivity contribution in [3.63, 3.8) is 0 Å². The first-order chi connectivity index (χ1) is 7.16. The third-order valence-corrected chi connectivity index (χ3v) is 3.58. The first kappa shape index (κ1) is 10.9. The lowest BCUT2D eigenvalue weighted by Crippen LogP contribution is -2.51. The van der Waals surface area contributed by atoms with E-state index < -0.39 is 0 Å². The van der Waals surface area contributed by atoms with Crippen LogP contribution in [0.3, 0.4) is 0 Å². The second kappa shape index (κ2) is 4.51. The number of allylic oxidation sites excluding steroid dienone is 1. The number of quaternary nitrogens is 1. The quantitative estimate of drug-likeness (QED) is 0.451. The first-order valence-corrected chi connectivity index (χ1v) is 5.99. The summed E-state index contributed by atoms with van der Waals surface area (Å²) in [5.74, 6) is 6.75. The highest BCUT2D eigenvalue weighted by Crippen LogP contribution is 2.33. The maximum absolute atomic E-state index is 6.04. The number of hydrazine groups is 1. The second-order valence-electron chi connectivity index (χ2n) is 4.99. The Kier molecular flexibility index (Phi) is 3.29. The van der Waals surface area contributed by atoms with E-state index in [-0.39, 0.29) is 0 Å². The summed E-state index contributed by atoms with van der Waals surface area (Å²) in [7, 11) is 0. The molecular weight excluding hydrogens is 188 g/mol. The van der Waals surface area contributed by atoms with Crippen LogP contribution in [0.4, 0.5) is 0 Å². The summed E-state index contributed by atoms with van der Waals surface area (Å²) in [5, 5.41) is 1.87. The Labute approximate surface area is 91.4 Å². The van der Waals surface area contributed by atoms with Gasteiger partial charge in [0.05, 0.1) is 6.20 Å². The molecule has 0 aliphatic heterocycles. The van der Waals surface area contributed by atoms with Crippen molar-refractivity contribution in [1.82, 2.24) is 5.01 Å². The van der Waals surface area contributed by atoms with Gasteiger partial charge in [-0.3, -0.25) is 0 Å². The average molecular weight is 211 g/mol. The smallest absolute Gasteiger partial charge is 0.124 e. The molecule has 4 heteroatoms. The molecule has 0 aromatic carbocycles. The molecule has 0 amide bonds. The Morgan fingerprint density at radius 1 is 1.13 bits per heavy atom. The highest BCUT2D eigenvalue weighted by molar-refractivity contribution is 5.02. The van der Waals surface area contributed by atoms with Crippen LogP contribution in [0.5, 0.6) is 0 Å². The highest BCUT2D eigenvalue weighted by Gasteiger charge is 2.28. The minimum Gasteiger partial charge on any atom is -0.328 e. The van der Waals surface area contributed by atoms with E-state index in [1.807, 2.05) is 11.2 Å². The summed E-state index contributed by atoms with van der Waals surface area (Å²) in [6, 6.07) is 0.863. The van der Waals surface area contributed by atoms with Gasteiger partial charge in [0, 0.05) is 18.0 Å². The van der Waals surface area contributed by atoms with Crippen LogP contribution < -0.4 is 17.3 Å². The molecule has 7 N–H and O–H groups in total. The maximum Gasteiger partial charge on any atom is 0.124 e. The van der Waals surface area contributed by atoms with E-state index in [0.717, 1.165) is 25.7 Å². The van der Waals surface area contributed by atoms with Crippen LogP contribution in [0.1, 0.15) is 38.5 Å². The van der Waals surface area contributed by atoms with Crippen LogP contribution in [0.15, 0.2) is 11.9 Å². The molecule has 86 valence electrons. The van der Waals surface area contributed by atoms with Gasteiger partial charge in [-0.15, -0.1) is 0 Å². The topological polar surface area (TPSA) is 82.9 Å². The van der Waals surface area contributed by atoms with Crippen molar-refractivity contribution in [2.24, 2.45) is 17.5 Å². The number of nitrogens with two attached hydrogens (primary N) is 2. The van der Waals surface area contributed by atoms with Crippen LogP contribution in [-0.2, 0) is 0 Å². The monoisotopic (exact) mass is 211 g/mol. The molecule has 0 saturated heterocycles. The molecule has 0 radical (unpaired) electrons. The first-order valence-electron chi connectivity index (χ1n) is 5.99. The summed E-state index contributed by atoms with van der Waals surface area (Å²) < 4.78 is 0. The zero-order valence-corrected chi connectivity index (χ0v) is 9.36. The molecule has 2 rings (SSSR count). The predicted molar refractivity (Wildman–Crippen MR) is 60.0 cm³/mol. The minimum absolute atomic E-state index is 0.390. The van der Waals surface area contributed by atoms with Gasteiger partial charge in [-0.1, -0.05) is 0 Å². The molecule has 0 atom stereocenters. The molecule has 0 aromatic heterocycles. The molecule has 0 heterocycles. The Balaban J connectivity index is 1.84. The van der Waals surface area contributed by atoms with Gasteiger partial charge in [0.1, 0.15) is 5.70 Å². The van der Waals surface area contributed by atoms with Crippen LogP contribution in [0, 0.1) is 5.92 Å². The molecule has 2 aliphatic rings. The Morgan fingerprint density at radius 2 is 1.73 bits per heavy atom. The predicted octanol–water partition coefficient (Wildman–Crippen LogP) is -0.0747. The van der Waals surface area contributed by atoms with Gasteiger partial charge in [0.15, 0.2) is 0 Å². The lowest BCUT2D eigenvalue weighted by Gasteiger charge is -2.32. The van der Waals surface area contributed by atoms with Gasteiger partial charge in [0.25, 0.3) is 0 Å². The SMILES string of the molecule is NC1CCC(N(N)/C=C(\[NH3+])C2CC2)CC1. The fourth-order valence-electron chi connectivity index (χ4n) is 2.26. The van der Waals surface area contributed by atoms with Crippen LogP contribution in [0.2, 0.25) is 0 Å². The van der Waals surface area contributed by atoms with Gasteiger partial charge < -0.3 is 16.5 Å². The lowest BCUT2D eigenvalue weighted by atomic mass is 9.91. The molecule has 4 nitrogen and oxygen atoms in total. The third kappa shape index (κ3) is 2.93. The van der Waals surface area contributed by atoms with Crippen molar-refractivity contribution in [3.8, 4) is 0 Å². The van der Waals surface area contributed by atoms with Crippen molar-refractivity contribution < 1.29 is 5.73 Å². The highest BCUT2D eigenvalue weighted by atomic mass is 15.4. The van der Waals surface area contributed by atoms with Crippen molar-refractivity contribution in [2.75, 3.05) is 0 Å². The van der Waals surface area contributed by atoms with E-state index in [0.29, 0.717) is 18.0 Å². The zero-order valence-electron chi connectivity index (χ0n) is 9.36. The molecule has 0 bridgehead atoms. The summed E-state index contributed by atoms with van der Waals surface area (Å²) in [6.45, 7) is 0. The largest absolute Gasteiger partial charge is 0.328 e. The van der Waals surface area contributed by atoms with Crippen LogP contribution >= 0.6 is 0 Å². The average Bonchev–Trinajstić information content (AvgIpc) is 3.01. The Bertz CT molecular complexity index is 239. The molecule has 15 heavy (non-hydrogen) atoms. The Hall–Kier alpha value is -0.580. The molecule has 0 aromatic rings. The number of rotatable bonds is 3. The number of hydrogen-bond acceptors (Lipinski definition) is 3. The van der Waals surface area contributed by atoms with Crippen LogP contribution in [-0.4, -0.2) is 17.1 Å².